The first-order valence-electron chi connectivity index (χ1n) is 8.58. The molecule has 2 fully saturated rings. The summed E-state index contributed by atoms with van der Waals surface area (Å²) in [5.41, 5.74) is 7.42. The molecule has 0 saturated carbocycles. The fourth-order valence-electron chi connectivity index (χ4n) is 3.23. The van der Waals surface area contributed by atoms with E-state index < -0.39 is 12.2 Å². The summed E-state index contributed by atoms with van der Waals surface area (Å²) in [6.45, 7) is 8.82. The number of halogens is 1. The molecule has 2 heterocycles. The molecule has 1 aromatic carbocycles. The third kappa shape index (κ3) is 4.46. The smallest absolute Gasteiger partial charge is 0.414 e. The number of rotatable bonds is 4. The summed E-state index contributed by atoms with van der Waals surface area (Å²) in [6, 6.07) is 4.75. The van der Waals surface area contributed by atoms with Gasteiger partial charge in [0.15, 0.2) is 11.3 Å². The maximum absolute atomic E-state index is 14.7. The molecule has 3 N–H and O–H groups in total. The maximum Gasteiger partial charge on any atom is 0.414 e. The Bertz CT molecular complexity index is 812. The van der Waals surface area contributed by atoms with Gasteiger partial charge >= 0.3 is 6.09 Å². The standard InChI is InChI=1S/C18H20FN5O2S/c1-21-9-12-4-6-23(7-5-12)16-3-2-13(8-15(16)19)24-11-14(26-18(24)25)10-22-17(20)27/h2-3,8-9,14H,4-7,10-11H2,(H3,20,22,27)/t14-/m0/s1. The highest BCUT2D eigenvalue weighted by Crippen LogP contribution is 2.30. The van der Waals surface area contributed by atoms with Gasteiger partial charge in [0.05, 0.1) is 31.0 Å². The van der Waals surface area contributed by atoms with Crippen LogP contribution in [0.25, 0.3) is 4.85 Å². The minimum Gasteiger partial charge on any atom is -0.442 e. The lowest BCUT2D eigenvalue weighted by Gasteiger charge is -2.31. The van der Waals surface area contributed by atoms with Gasteiger partial charge in [-0.2, -0.15) is 0 Å². The highest BCUT2D eigenvalue weighted by molar-refractivity contribution is 7.80. The molecule has 0 radical (unpaired) electrons. The Labute approximate surface area is 162 Å². The first-order chi connectivity index (χ1) is 13.0. The van der Waals surface area contributed by atoms with E-state index >= 15 is 0 Å². The van der Waals surface area contributed by atoms with Crippen LogP contribution in [-0.4, -0.2) is 43.5 Å². The number of carbonyl (C=O) groups excluding carboxylic acids is 1. The minimum atomic E-state index is -0.524. The average Bonchev–Trinajstić information content (AvgIpc) is 3.02. The molecule has 2 aliphatic heterocycles. The second-order valence-corrected chi connectivity index (χ2v) is 6.84. The van der Waals surface area contributed by atoms with E-state index in [1.807, 2.05) is 4.90 Å². The quantitative estimate of drug-likeness (QED) is 0.608. The van der Waals surface area contributed by atoms with Gasteiger partial charge in [-0.3, -0.25) is 4.90 Å². The van der Waals surface area contributed by atoms with Crippen LogP contribution in [0.4, 0.5) is 20.6 Å². The number of nitrogens with two attached hydrogens (primary N) is 1. The van der Waals surface area contributed by atoms with Crippen molar-refractivity contribution < 1.29 is 13.9 Å². The summed E-state index contributed by atoms with van der Waals surface area (Å²) in [6.07, 6.45) is 2.12. The zero-order valence-corrected chi connectivity index (χ0v) is 15.5. The van der Waals surface area contributed by atoms with Gasteiger partial charge in [-0.25, -0.2) is 14.0 Å². The molecular formula is C18H20FN5O2S. The number of benzene rings is 1. The van der Waals surface area contributed by atoms with Crippen molar-refractivity contribution in [1.29, 1.82) is 0 Å². The van der Waals surface area contributed by atoms with Crippen molar-refractivity contribution >= 4 is 34.8 Å². The molecular weight excluding hydrogens is 369 g/mol. The monoisotopic (exact) mass is 389 g/mol. The normalized spacial score (nSPS) is 19.5. The van der Waals surface area contributed by atoms with Crippen LogP contribution in [0.3, 0.4) is 0 Å². The summed E-state index contributed by atoms with van der Waals surface area (Å²) in [5, 5.41) is 2.89. The number of ether oxygens (including phenoxy) is 1. The van der Waals surface area contributed by atoms with E-state index in [1.54, 1.807) is 18.3 Å². The summed E-state index contributed by atoms with van der Waals surface area (Å²) >= 11 is 4.74. The summed E-state index contributed by atoms with van der Waals surface area (Å²) in [7, 11) is 0. The number of hydrogen-bond acceptors (Lipinski definition) is 4. The predicted molar refractivity (Wildman–Crippen MR) is 105 cm³/mol. The van der Waals surface area contributed by atoms with Gasteiger partial charge in [0, 0.05) is 13.1 Å². The van der Waals surface area contributed by atoms with E-state index in [9.17, 15) is 9.18 Å². The lowest BCUT2D eigenvalue weighted by Crippen LogP contribution is -2.37. The first kappa shape index (κ1) is 18.9. The molecule has 0 bridgehead atoms. The van der Waals surface area contributed by atoms with Gasteiger partial charge in [0.2, 0.25) is 0 Å². The third-order valence-electron chi connectivity index (χ3n) is 4.61. The van der Waals surface area contributed by atoms with Crippen molar-refractivity contribution in [2.24, 2.45) is 5.73 Å². The fraction of sp³-hybridized carbons (Fsp3) is 0.389. The molecule has 142 valence electrons. The molecule has 3 rings (SSSR count). The largest absolute Gasteiger partial charge is 0.442 e. The minimum absolute atomic E-state index is 0.135. The van der Waals surface area contributed by atoms with E-state index in [-0.39, 0.29) is 10.9 Å². The van der Waals surface area contributed by atoms with E-state index in [1.165, 1.54) is 11.0 Å². The maximum atomic E-state index is 14.7. The van der Waals surface area contributed by atoms with Crippen LogP contribution in [0.2, 0.25) is 0 Å². The molecule has 9 heteroatoms. The van der Waals surface area contributed by atoms with Crippen molar-refractivity contribution in [3.05, 3.63) is 47.2 Å². The number of amides is 1. The van der Waals surface area contributed by atoms with Crippen molar-refractivity contribution in [1.82, 2.24) is 5.32 Å². The Balaban J connectivity index is 1.67. The average molecular weight is 389 g/mol. The molecule has 1 amide bonds. The van der Waals surface area contributed by atoms with Gasteiger partial charge in [0.25, 0.3) is 0 Å². The van der Waals surface area contributed by atoms with Crippen LogP contribution >= 0.6 is 12.2 Å². The third-order valence-corrected chi connectivity index (χ3v) is 4.76. The zero-order valence-electron chi connectivity index (χ0n) is 14.7. The summed E-state index contributed by atoms with van der Waals surface area (Å²) in [4.78, 5) is 18.7. The first-order valence-corrected chi connectivity index (χ1v) is 8.99. The number of anilines is 2. The Morgan fingerprint density at radius 3 is 2.85 bits per heavy atom. The van der Waals surface area contributed by atoms with Crippen LogP contribution in [0.15, 0.2) is 30.0 Å². The number of nitrogens with one attached hydrogen (secondary N) is 1. The number of thiocarbonyl (C=S) groups is 1. The Kier molecular flexibility index (Phi) is 5.76. The van der Waals surface area contributed by atoms with E-state index in [4.69, 9.17) is 29.3 Å². The molecule has 2 aliphatic rings. The summed E-state index contributed by atoms with van der Waals surface area (Å²) < 4.78 is 19.9. The topological polar surface area (TPSA) is 75.2 Å². The summed E-state index contributed by atoms with van der Waals surface area (Å²) in [5.74, 6) is -0.386. The van der Waals surface area contributed by atoms with Gasteiger partial charge in [-0.15, -0.1) is 0 Å². The Morgan fingerprint density at radius 1 is 1.48 bits per heavy atom. The number of carbonyl (C=O) groups is 1. The molecule has 7 nitrogen and oxygen atoms in total. The van der Waals surface area contributed by atoms with Gasteiger partial charge in [-0.05, 0) is 43.3 Å². The highest BCUT2D eigenvalue weighted by atomic mass is 32.1. The molecule has 27 heavy (non-hydrogen) atoms. The van der Waals surface area contributed by atoms with Crippen LogP contribution in [0, 0.1) is 12.4 Å². The van der Waals surface area contributed by atoms with Gasteiger partial charge in [-0.1, -0.05) is 5.57 Å². The lowest BCUT2D eigenvalue weighted by molar-refractivity contribution is 0.143. The van der Waals surface area contributed by atoms with Crippen molar-refractivity contribution in [3.63, 3.8) is 0 Å². The molecule has 1 aromatic rings. The number of nitrogens with zero attached hydrogens (tertiary/aromatic N) is 3. The SMILES string of the molecule is [C-]#[N+]C=C1CCN(c2ccc(N3C[C@H](CNC(N)=S)OC3=O)cc2F)CC1. The van der Waals surface area contributed by atoms with Gasteiger partial charge < -0.3 is 20.7 Å². The van der Waals surface area contributed by atoms with Crippen LogP contribution in [0.1, 0.15) is 12.8 Å². The number of hydrogen-bond donors (Lipinski definition) is 2. The lowest BCUT2D eigenvalue weighted by atomic mass is 10.0. The second-order valence-electron chi connectivity index (χ2n) is 6.40. The number of cyclic esters (lactones) is 1. The van der Waals surface area contributed by atoms with Crippen molar-refractivity contribution in [2.75, 3.05) is 36.0 Å². The van der Waals surface area contributed by atoms with Crippen LogP contribution in [0.5, 0.6) is 0 Å². The zero-order chi connectivity index (χ0) is 19.4. The van der Waals surface area contributed by atoms with E-state index in [0.717, 1.165) is 18.4 Å². The van der Waals surface area contributed by atoms with Crippen LogP contribution < -0.4 is 20.9 Å². The van der Waals surface area contributed by atoms with Crippen LogP contribution in [-0.2, 0) is 4.74 Å². The Hall–Kier alpha value is -2.86. The predicted octanol–water partition coefficient (Wildman–Crippen LogP) is 2.39. The molecule has 0 aliphatic carbocycles. The molecule has 0 unspecified atom stereocenters. The molecule has 0 spiro atoms. The van der Waals surface area contributed by atoms with E-state index in [2.05, 4.69) is 10.2 Å². The molecule has 2 saturated heterocycles. The highest BCUT2D eigenvalue weighted by Gasteiger charge is 2.32. The van der Waals surface area contributed by atoms with E-state index in [0.29, 0.717) is 37.6 Å². The fourth-order valence-corrected chi connectivity index (χ4v) is 3.31. The number of piperidine rings is 1. The molecule has 0 aromatic heterocycles. The molecule has 1 atom stereocenters. The second kappa shape index (κ2) is 8.22. The Morgan fingerprint density at radius 2 is 2.22 bits per heavy atom. The van der Waals surface area contributed by atoms with Crippen molar-refractivity contribution in [2.45, 2.75) is 18.9 Å². The van der Waals surface area contributed by atoms with Gasteiger partial charge in [0.1, 0.15) is 11.9 Å². The van der Waals surface area contributed by atoms with Crippen molar-refractivity contribution in [3.8, 4) is 0 Å².